The Balaban J connectivity index is 3.59. The second-order valence-electron chi connectivity index (χ2n) is 5.84. The van der Waals surface area contributed by atoms with E-state index in [0.29, 0.717) is 6.42 Å². The molecule has 4 nitrogen and oxygen atoms in total. The van der Waals surface area contributed by atoms with E-state index in [1.54, 1.807) is 0 Å². The van der Waals surface area contributed by atoms with Gasteiger partial charge in [0.1, 0.15) is 6.10 Å². The van der Waals surface area contributed by atoms with Gasteiger partial charge in [0.25, 0.3) is 0 Å². The summed E-state index contributed by atoms with van der Waals surface area (Å²) in [6, 6.07) is 0. The molecule has 4 heteroatoms. The lowest BCUT2D eigenvalue weighted by molar-refractivity contribution is -0.267. The number of hydrogen-bond acceptors (Lipinski definition) is 4. The summed E-state index contributed by atoms with van der Waals surface area (Å²) in [4.78, 5) is 15.4. The van der Waals surface area contributed by atoms with E-state index in [0.717, 1.165) is 44.9 Å². The molecule has 23 heavy (non-hydrogen) atoms. The van der Waals surface area contributed by atoms with Crippen molar-refractivity contribution in [2.45, 2.75) is 83.7 Å². The molecule has 1 unspecified atom stereocenters. The molecule has 0 spiro atoms. The number of hydrogen-bond donors (Lipinski definition) is 1. The summed E-state index contributed by atoms with van der Waals surface area (Å²) < 4.78 is 4.60. The SMILES string of the molecule is CCCCC/C=C\C=C\C(CCCCCCCC(=O)OC)OO. The van der Waals surface area contributed by atoms with Gasteiger partial charge in [-0.25, -0.2) is 4.89 Å². The highest BCUT2D eigenvalue weighted by molar-refractivity contribution is 5.68. The van der Waals surface area contributed by atoms with Crippen LogP contribution in [-0.4, -0.2) is 24.4 Å². The van der Waals surface area contributed by atoms with E-state index < -0.39 is 0 Å². The molecule has 0 heterocycles. The van der Waals surface area contributed by atoms with Crippen molar-refractivity contribution in [2.24, 2.45) is 0 Å². The minimum Gasteiger partial charge on any atom is -0.469 e. The first-order valence-electron chi connectivity index (χ1n) is 8.95. The zero-order chi connectivity index (χ0) is 17.2. The number of rotatable bonds is 15. The van der Waals surface area contributed by atoms with E-state index in [9.17, 15) is 4.79 Å². The molecule has 134 valence electrons. The average Bonchev–Trinajstić information content (AvgIpc) is 2.57. The second-order valence-corrected chi connectivity index (χ2v) is 5.84. The predicted molar refractivity (Wildman–Crippen MR) is 94.3 cm³/mol. The first-order valence-corrected chi connectivity index (χ1v) is 8.95. The normalized spacial score (nSPS) is 13.0. The molecule has 0 aliphatic heterocycles. The predicted octanol–water partition coefficient (Wildman–Crippen LogP) is 5.44. The number of ether oxygens (including phenoxy) is 1. The monoisotopic (exact) mass is 326 g/mol. The molecule has 0 amide bonds. The van der Waals surface area contributed by atoms with Crippen LogP contribution in [0.1, 0.15) is 77.6 Å². The van der Waals surface area contributed by atoms with Crippen LogP contribution in [0.3, 0.4) is 0 Å². The molecule has 0 aromatic heterocycles. The molecule has 0 aliphatic carbocycles. The van der Waals surface area contributed by atoms with Crippen LogP contribution < -0.4 is 0 Å². The van der Waals surface area contributed by atoms with Gasteiger partial charge in [-0.05, 0) is 25.7 Å². The molecule has 0 aromatic rings. The number of unbranched alkanes of at least 4 members (excludes halogenated alkanes) is 7. The van der Waals surface area contributed by atoms with Gasteiger partial charge in [0.15, 0.2) is 0 Å². The molecule has 0 fully saturated rings. The molecule has 1 N–H and O–H groups in total. The van der Waals surface area contributed by atoms with Crippen molar-refractivity contribution in [3.63, 3.8) is 0 Å². The highest BCUT2D eigenvalue weighted by Gasteiger charge is 2.04. The van der Waals surface area contributed by atoms with E-state index in [4.69, 9.17) is 5.26 Å². The molecule has 0 bridgehead atoms. The summed E-state index contributed by atoms with van der Waals surface area (Å²) in [5, 5.41) is 8.90. The maximum absolute atomic E-state index is 10.9. The Labute approximate surface area is 141 Å². The smallest absolute Gasteiger partial charge is 0.305 e. The zero-order valence-electron chi connectivity index (χ0n) is 14.8. The minimum atomic E-state index is -0.231. The zero-order valence-corrected chi connectivity index (χ0v) is 14.8. The Kier molecular flexibility index (Phi) is 16.4. The molecule has 0 radical (unpaired) electrons. The van der Waals surface area contributed by atoms with Gasteiger partial charge in [0.2, 0.25) is 0 Å². The lowest BCUT2D eigenvalue weighted by Crippen LogP contribution is -2.06. The number of allylic oxidation sites excluding steroid dienone is 3. The molecule has 0 rings (SSSR count). The fourth-order valence-electron chi connectivity index (χ4n) is 2.31. The van der Waals surface area contributed by atoms with Gasteiger partial charge < -0.3 is 4.74 Å². The highest BCUT2D eigenvalue weighted by atomic mass is 17.1. The maximum atomic E-state index is 10.9. The van der Waals surface area contributed by atoms with Gasteiger partial charge in [-0.1, -0.05) is 69.8 Å². The van der Waals surface area contributed by atoms with Gasteiger partial charge in [0.05, 0.1) is 7.11 Å². The Morgan fingerprint density at radius 1 is 1.04 bits per heavy atom. The van der Waals surface area contributed by atoms with Crippen molar-refractivity contribution in [2.75, 3.05) is 7.11 Å². The van der Waals surface area contributed by atoms with Crippen molar-refractivity contribution in [1.29, 1.82) is 0 Å². The summed E-state index contributed by atoms with van der Waals surface area (Å²) in [6.07, 6.45) is 19.1. The molecule has 0 saturated carbocycles. The first-order chi connectivity index (χ1) is 11.2. The van der Waals surface area contributed by atoms with E-state index in [1.165, 1.54) is 26.4 Å². The van der Waals surface area contributed by atoms with Gasteiger partial charge >= 0.3 is 5.97 Å². The largest absolute Gasteiger partial charge is 0.469 e. The van der Waals surface area contributed by atoms with Crippen molar-refractivity contribution < 1.29 is 19.7 Å². The van der Waals surface area contributed by atoms with Crippen molar-refractivity contribution in [3.8, 4) is 0 Å². The van der Waals surface area contributed by atoms with Crippen LogP contribution in [-0.2, 0) is 14.4 Å². The van der Waals surface area contributed by atoms with E-state index in [1.807, 2.05) is 18.2 Å². The number of esters is 1. The van der Waals surface area contributed by atoms with Crippen molar-refractivity contribution in [3.05, 3.63) is 24.3 Å². The molecular formula is C19H34O4. The second kappa shape index (κ2) is 17.2. The summed E-state index contributed by atoms with van der Waals surface area (Å²) in [5.74, 6) is -0.133. The third-order valence-corrected chi connectivity index (χ3v) is 3.78. The molecule has 0 saturated heterocycles. The van der Waals surface area contributed by atoms with Gasteiger partial charge in [-0.2, -0.15) is 0 Å². The van der Waals surface area contributed by atoms with Gasteiger partial charge in [-0.15, -0.1) is 0 Å². The van der Waals surface area contributed by atoms with Crippen LogP contribution in [0.2, 0.25) is 0 Å². The van der Waals surface area contributed by atoms with Gasteiger partial charge in [-0.3, -0.25) is 10.1 Å². The number of carbonyl (C=O) groups is 1. The lowest BCUT2D eigenvalue weighted by atomic mass is 10.1. The maximum Gasteiger partial charge on any atom is 0.305 e. The Morgan fingerprint density at radius 3 is 2.48 bits per heavy atom. The van der Waals surface area contributed by atoms with Crippen molar-refractivity contribution >= 4 is 5.97 Å². The summed E-state index contributed by atoms with van der Waals surface area (Å²) >= 11 is 0. The van der Waals surface area contributed by atoms with Crippen LogP contribution in [0.15, 0.2) is 24.3 Å². The first kappa shape index (κ1) is 21.9. The topological polar surface area (TPSA) is 55.8 Å². The number of methoxy groups -OCH3 is 1. The van der Waals surface area contributed by atoms with Crippen LogP contribution >= 0.6 is 0 Å². The average molecular weight is 326 g/mol. The number of carbonyl (C=O) groups excluding carboxylic acids is 1. The molecule has 0 aliphatic rings. The van der Waals surface area contributed by atoms with Crippen LogP contribution in [0.5, 0.6) is 0 Å². The molecular weight excluding hydrogens is 292 g/mol. The minimum absolute atomic E-state index is 0.133. The molecule has 0 aromatic carbocycles. The fraction of sp³-hybridized carbons (Fsp3) is 0.737. The van der Waals surface area contributed by atoms with E-state index in [-0.39, 0.29) is 12.1 Å². The summed E-state index contributed by atoms with van der Waals surface area (Å²) in [7, 11) is 1.42. The third-order valence-electron chi connectivity index (χ3n) is 3.78. The van der Waals surface area contributed by atoms with Crippen molar-refractivity contribution in [1.82, 2.24) is 0 Å². The Bertz CT molecular complexity index is 323. The fourth-order valence-corrected chi connectivity index (χ4v) is 2.31. The molecule has 1 atom stereocenters. The Hall–Kier alpha value is -1.13. The quantitative estimate of drug-likeness (QED) is 0.143. The van der Waals surface area contributed by atoms with Crippen LogP contribution in [0.4, 0.5) is 0 Å². The van der Waals surface area contributed by atoms with Crippen LogP contribution in [0.25, 0.3) is 0 Å². The van der Waals surface area contributed by atoms with E-state index in [2.05, 4.69) is 22.6 Å². The van der Waals surface area contributed by atoms with Gasteiger partial charge in [0, 0.05) is 6.42 Å². The Morgan fingerprint density at radius 2 is 1.78 bits per heavy atom. The standard InChI is InChI=1S/C19H34O4/c1-3-4-5-6-7-9-12-15-18(23-21)16-13-10-8-11-14-17-19(20)22-2/h7,9,12,15,18,21H,3-6,8,10-11,13-14,16-17H2,1-2H3/b9-7-,15-12+. The highest BCUT2D eigenvalue weighted by Crippen LogP contribution is 2.11. The van der Waals surface area contributed by atoms with E-state index >= 15 is 0 Å². The lowest BCUT2D eigenvalue weighted by Gasteiger charge is -2.08. The third kappa shape index (κ3) is 15.5. The summed E-state index contributed by atoms with van der Waals surface area (Å²) in [5.41, 5.74) is 0. The van der Waals surface area contributed by atoms with Crippen LogP contribution in [0, 0.1) is 0 Å². The summed E-state index contributed by atoms with van der Waals surface area (Å²) in [6.45, 7) is 2.20.